The number of carbonyl (C=O) groups is 3. The van der Waals surface area contributed by atoms with E-state index in [0.29, 0.717) is 28.5 Å². The number of nitrogens with zero attached hydrogens (tertiary/aromatic N) is 1. The topological polar surface area (TPSA) is 94.2 Å². The van der Waals surface area contributed by atoms with Crippen molar-refractivity contribution in [3.8, 4) is 17.2 Å². The molecule has 148 valence electrons. The summed E-state index contributed by atoms with van der Waals surface area (Å²) >= 11 is 0.787. The van der Waals surface area contributed by atoms with Crippen LogP contribution in [0, 0.1) is 0 Å². The van der Waals surface area contributed by atoms with Gasteiger partial charge in [0.05, 0.1) is 12.0 Å². The van der Waals surface area contributed by atoms with Crippen LogP contribution in [-0.2, 0) is 9.59 Å². The average molecular weight is 412 g/mol. The minimum absolute atomic E-state index is 0.127. The van der Waals surface area contributed by atoms with Crippen LogP contribution in [0.4, 0.5) is 10.5 Å². The molecule has 0 radical (unpaired) electrons. The Morgan fingerprint density at radius 2 is 2.00 bits per heavy atom. The molecule has 0 aromatic heterocycles. The Labute approximate surface area is 170 Å². The highest BCUT2D eigenvalue weighted by Crippen LogP contribution is 2.35. The zero-order valence-electron chi connectivity index (χ0n) is 15.3. The number of rotatable bonds is 5. The van der Waals surface area contributed by atoms with Crippen LogP contribution in [0.1, 0.15) is 5.56 Å². The number of imide groups is 1. The predicted molar refractivity (Wildman–Crippen MR) is 107 cm³/mol. The Balaban J connectivity index is 1.45. The summed E-state index contributed by atoms with van der Waals surface area (Å²) in [4.78, 5) is 38.4. The second kappa shape index (κ2) is 7.88. The van der Waals surface area contributed by atoms with E-state index in [1.165, 1.54) is 7.11 Å². The van der Waals surface area contributed by atoms with Gasteiger partial charge in [-0.05, 0) is 36.0 Å². The maximum absolute atomic E-state index is 12.6. The van der Waals surface area contributed by atoms with Gasteiger partial charge in [-0.25, -0.2) is 0 Å². The van der Waals surface area contributed by atoms with Gasteiger partial charge in [0, 0.05) is 17.3 Å². The molecule has 4 rings (SSSR count). The third-order valence-electron chi connectivity index (χ3n) is 4.26. The Morgan fingerprint density at radius 3 is 2.83 bits per heavy atom. The van der Waals surface area contributed by atoms with E-state index >= 15 is 0 Å². The fourth-order valence-electron chi connectivity index (χ4n) is 2.88. The van der Waals surface area contributed by atoms with Gasteiger partial charge in [-0.1, -0.05) is 18.2 Å². The summed E-state index contributed by atoms with van der Waals surface area (Å²) < 4.78 is 15.7. The highest BCUT2D eigenvalue weighted by Gasteiger charge is 2.36. The summed E-state index contributed by atoms with van der Waals surface area (Å²) in [7, 11) is 1.53. The van der Waals surface area contributed by atoms with E-state index in [2.05, 4.69) is 5.32 Å². The Bertz CT molecular complexity index is 1040. The second-order valence-electron chi connectivity index (χ2n) is 6.13. The van der Waals surface area contributed by atoms with Gasteiger partial charge in [0.1, 0.15) is 12.3 Å². The number of fused-ring (bicyclic) bond motifs is 1. The number of hydrogen-bond acceptors (Lipinski definition) is 7. The molecule has 1 fully saturated rings. The van der Waals surface area contributed by atoms with E-state index in [1.54, 1.807) is 42.5 Å². The van der Waals surface area contributed by atoms with E-state index in [1.807, 2.05) is 6.07 Å². The molecule has 9 heteroatoms. The molecule has 3 amide bonds. The minimum Gasteiger partial charge on any atom is -0.496 e. The van der Waals surface area contributed by atoms with Gasteiger partial charge in [-0.2, -0.15) is 0 Å². The van der Waals surface area contributed by atoms with Crippen molar-refractivity contribution in [1.29, 1.82) is 0 Å². The van der Waals surface area contributed by atoms with Crippen LogP contribution in [0.25, 0.3) is 6.08 Å². The largest absolute Gasteiger partial charge is 0.496 e. The van der Waals surface area contributed by atoms with Gasteiger partial charge >= 0.3 is 0 Å². The van der Waals surface area contributed by atoms with Gasteiger partial charge in [0.2, 0.25) is 12.7 Å². The first-order chi connectivity index (χ1) is 14.0. The van der Waals surface area contributed by atoms with Crippen molar-refractivity contribution in [1.82, 2.24) is 4.90 Å². The summed E-state index contributed by atoms with van der Waals surface area (Å²) in [5.41, 5.74) is 1.15. The Hall–Kier alpha value is -3.46. The molecule has 2 aromatic rings. The van der Waals surface area contributed by atoms with Crippen LogP contribution < -0.4 is 19.5 Å². The fraction of sp³-hybridized carbons (Fsp3) is 0.150. The third-order valence-corrected chi connectivity index (χ3v) is 5.16. The SMILES string of the molecule is COc1ccccc1C=C1SC(=O)N(CC(=O)Nc2ccc3c(c2)OCO3)C1=O. The number of para-hydroxylation sites is 1. The van der Waals surface area contributed by atoms with Gasteiger partial charge in [0.25, 0.3) is 11.1 Å². The lowest BCUT2D eigenvalue weighted by Crippen LogP contribution is -2.36. The monoisotopic (exact) mass is 412 g/mol. The van der Waals surface area contributed by atoms with Crippen LogP contribution in [0.2, 0.25) is 0 Å². The molecule has 2 aliphatic heterocycles. The van der Waals surface area contributed by atoms with E-state index in [-0.39, 0.29) is 18.2 Å². The minimum atomic E-state index is -0.522. The quantitative estimate of drug-likeness (QED) is 0.754. The number of methoxy groups -OCH3 is 1. The number of carbonyl (C=O) groups excluding carboxylic acids is 3. The molecule has 2 heterocycles. The number of amides is 3. The molecule has 0 atom stereocenters. The summed E-state index contributed by atoms with van der Waals surface area (Å²) in [6.07, 6.45) is 1.58. The summed E-state index contributed by atoms with van der Waals surface area (Å²) in [5, 5.41) is 2.15. The summed E-state index contributed by atoms with van der Waals surface area (Å²) in [6.45, 7) is -0.260. The van der Waals surface area contributed by atoms with E-state index in [4.69, 9.17) is 14.2 Å². The van der Waals surface area contributed by atoms with Crippen LogP contribution >= 0.6 is 11.8 Å². The fourth-order valence-corrected chi connectivity index (χ4v) is 3.71. The number of anilines is 1. The van der Waals surface area contributed by atoms with Crippen LogP contribution in [-0.4, -0.2) is 42.4 Å². The molecule has 8 nitrogen and oxygen atoms in total. The molecule has 0 aliphatic carbocycles. The molecular weight excluding hydrogens is 396 g/mol. The maximum atomic E-state index is 12.6. The van der Waals surface area contributed by atoms with Gasteiger partial charge in [-0.15, -0.1) is 0 Å². The van der Waals surface area contributed by atoms with Gasteiger partial charge in [0.15, 0.2) is 11.5 Å². The Kier molecular flexibility index (Phi) is 5.13. The van der Waals surface area contributed by atoms with Crippen molar-refractivity contribution < 1.29 is 28.6 Å². The Morgan fingerprint density at radius 1 is 1.21 bits per heavy atom. The highest BCUT2D eigenvalue weighted by atomic mass is 32.2. The molecule has 1 N–H and O–H groups in total. The lowest BCUT2D eigenvalue weighted by Gasteiger charge is -2.12. The van der Waals surface area contributed by atoms with Crippen molar-refractivity contribution in [2.24, 2.45) is 0 Å². The van der Waals surface area contributed by atoms with Crippen molar-refractivity contribution >= 4 is 40.6 Å². The van der Waals surface area contributed by atoms with Gasteiger partial charge < -0.3 is 19.5 Å². The number of ether oxygens (including phenoxy) is 3. The maximum Gasteiger partial charge on any atom is 0.294 e. The molecule has 0 saturated carbocycles. The standard InChI is InChI=1S/C20H16N2O6S/c1-26-14-5-3-2-4-12(14)8-17-19(24)22(20(25)29-17)10-18(23)21-13-6-7-15-16(9-13)28-11-27-15/h2-9H,10-11H2,1H3,(H,21,23). The molecule has 0 unspecified atom stereocenters. The number of nitrogens with one attached hydrogen (secondary N) is 1. The summed E-state index contributed by atoms with van der Waals surface area (Å²) in [6, 6.07) is 12.1. The smallest absolute Gasteiger partial charge is 0.294 e. The zero-order chi connectivity index (χ0) is 20.4. The molecule has 29 heavy (non-hydrogen) atoms. The first-order valence-corrected chi connectivity index (χ1v) is 9.44. The zero-order valence-corrected chi connectivity index (χ0v) is 16.2. The van der Waals surface area contributed by atoms with Crippen molar-refractivity contribution in [3.05, 3.63) is 52.9 Å². The van der Waals surface area contributed by atoms with Crippen LogP contribution in [0.5, 0.6) is 17.2 Å². The van der Waals surface area contributed by atoms with Crippen molar-refractivity contribution in [3.63, 3.8) is 0 Å². The van der Waals surface area contributed by atoms with Crippen molar-refractivity contribution in [2.45, 2.75) is 0 Å². The number of hydrogen-bond donors (Lipinski definition) is 1. The first-order valence-electron chi connectivity index (χ1n) is 8.63. The molecular formula is C20H16N2O6S. The van der Waals surface area contributed by atoms with Crippen LogP contribution in [0.3, 0.4) is 0 Å². The molecule has 2 aliphatic rings. The van der Waals surface area contributed by atoms with E-state index in [0.717, 1.165) is 16.7 Å². The van der Waals surface area contributed by atoms with E-state index in [9.17, 15) is 14.4 Å². The number of benzene rings is 2. The normalized spacial score (nSPS) is 16.4. The summed E-state index contributed by atoms with van der Waals surface area (Å²) in [5.74, 6) is 0.681. The molecule has 0 bridgehead atoms. The highest BCUT2D eigenvalue weighted by molar-refractivity contribution is 8.18. The number of thioether (sulfide) groups is 1. The molecule has 2 aromatic carbocycles. The second-order valence-corrected chi connectivity index (χ2v) is 7.12. The third kappa shape index (κ3) is 3.90. The van der Waals surface area contributed by atoms with Crippen molar-refractivity contribution in [2.75, 3.05) is 25.8 Å². The van der Waals surface area contributed by atoms with E-state index < -0.39 is 17.1 Å². The van der Waals surface area contributed by atoms with Gasteiger partial charge in [-0.3, -0.25) is 19.3 Å². The van der Waals surface area contributed by atoms with Crippen LogP contribution in [0.15, 0.2) is 47.4 Å². The lowest BCUT2D eigenvalue weighted by atomic mass is 10.2. The predicted octanol–water partition coefficient (Wildman–Crippen LogP) is 3.10. The molecule has 1 saturated heterocycles. The molecule has 0 spiro atoms. The first kappa shape index (κ1) is 18.9. The average Bonchev–Trinajstić information content (AvgIpc) is 3.28. The lowest BCUT2D eigenvalue weighted by molar-refractivity contribution is -0.127.